The number of hydrogen-bond acceptors (Lipinski definition) is 6. The SMILES string of the molecule is CCOC(=O)c1ccc(N2CCN(Cc3ccccc3)CC2)c(NC(=O)c2ccc(-c3ccc(F)c(Cl)c3)o2)c1. The summed E-state index contributed by atoms with van der Waals surface area (Å²) in [7, 11) is 0. The third kappa shape index (κ3) is 6.35. The molecule has 4 aromatic rings. The zero-order valence-corrected chi connectivity index (χ0v) is 22.8. The molecule has 1 aromatic heterocycles. The minimum Gasteiger partial charge on any atom is -0.462 e. The Bertz CT molecular complexity index is 1500. The highest BCUT2D eigenvalue weighted by atomic mass is 35.5. The van der Waals surface area contributed by atoms with Gasteiger partial charge >= 0.3 is 5.97 Å². The van der Waals surface area contributed by atoms with Crippen LogP contribution in [0.1, 0.15) is 33.4 Å². The molecule has 2 heterocycles. The second-order valence-corrected chi connectivity index (χ2v) is 9.86. The zero-order valence-electron chi connectivity index (χ0n) is 22.0. The predicted molar refractivity (Wildman–Crippen MR) is 153 cm³/mol. The maximum atomic E-state index is 13.6. The first-order valence-corrected chi connectivity index (χ1v) is 13.5. The largest absolute Gasteiger partial charge is 0.462 e. The highest BCUT2D eigenvalue weighted by Gasteiger charge is 2.23. The average molecular weight is 562 g/mol. The second-order valence-electron chi connectivity index (χ2n) is 9.45. The highest BCUT2D eigenvalue weighted by molar-refractivity contribution is 6.31. The van der Waals surface area contributed by atoms with Crippen LogP contribution in [0.4, 0.5) is 15.8 Å². The van der Waals surface area contributed by atoms with E-state index in [4.69, 9.17) is 20.8 Å². The third-order valence-electron chi connectivity index (χ3n) is 6.75. The molecule has 0 radical (unpaired) electrons. The van der Waals surface area contributed by atoms with Crippen molar-refractivity contribution in [1.29, 1.82) is 0 Å². The van der Waals surface area contributed by atoms with E-state index in [0.717, 1.165) is 38.4 Å². The van der Waals surface area contributed by atoms with Gasteiger partial charge in [0.15, 0.2) is 5.76 Å². The molecular weight excluding hydrogens is 533 g/mol. The van der Waals surface area contributed by atoms with Gasteiger partial charge in [-0.05, 0) is 61.0 Å². The van der Waals surface area contributed by atoms with Gasteiger partial charge in [-0.25, -0.2) is 9.18 Å². The van der Waals surface area contributed by atoms with Gasteiger partial charge in [0.25, 0.3) is 5.91 Å². The van der Waals surface area contributed by atoms with E-state index in [1.54, 1.807) is 31.2 Å². The lowest BCUT2D eigenvalue weighted by atomic mass is 10.1. The van der Waals surface area contributed by atoms with Gasteiger partial charge in [0, 0.05) is 38.3 Å². The van der Waals surface area contributed by atoms with E-state index in [2.05, 4.69) is 27.2 Å². The number of carbonyl (C=O) groups is 2. The molecule has 5 rings (SSSR count). The highest BCUT2D eigenvalue weighted by Crippen LogP contribution is 2.31. The van der Waals surface area contributed by atoms with Crippen molar-refractivity contribution < 1.29 is 23.1 Å². The molecule has 206 valence electrons. The Morgan fingerprint density at radius 2 is 1.75 bits per heavy atom. The number of halogens is 2. The third-order valence-corrected chi connectivity index (χ3v) is 7.04. The second kappa shape index (κ2) is 12.4. The van der Waals surface area contributed by atoms with Crippen LogP contribution in [-0.4, -0.2) is 49.6 Å². The molecule has 1 saturated heterocycles. The Hall–Kier alpha value is -4.14. The van der Waals surface area contributed by atoms with Crippen molar-refractivity contribution in [2.75, 3.05) is 43.0 Å². The van der Waals surface area contributed by atoms with Gasteiger partial charge in [-0.3, -0.25) is 9.69 Å². The number of amides is 1. The molecule has 1 N–H and O–H groups in total. The smallest absolute Gasteiger partial charge is 0.338 e. The molecule has 7 nitrogen and oxygen atoms in total. The molecule has 1 aliphatic heterocycles. The van der Waals surface area contributed by atoms with Crippen molar-refractivity contribution in [1.82, 2.24) is 4.90 Å². The number of nitrogens with one attached hydrogen (secondary N) is 1. The number of ether oxygens (including phenoxy) is 1. The van der Waals surface area contributed by atoms with Crippen molar-refractivity contribution in [3.63, 3.8) is 0 Å². The monoisotopic (exact) mass is 561 g/mol. The summed E-state index contributed by atoms with van der Waals surface area (Å²) in [5.41, 5.74) is 3.43. The summed E-state index contributed by atoms with van der Waals surface area (Å²) >= 11 is 5.90. The number of anilines is 2. The average Bonchev–Trinajstić information content (AvgIpc) is 3.46. The molecule has 3 aromatic carbocycles. The zero-order chi connectivity index (χ0) is 28.1. The Morgan fingerprint density at radius 1 is 0.975 bits per heavy atom. The van der Waals surface area contributed by atoms with Crippen molar-refractivity contribution in [2.45, 2.75) is 13.5 Å². The van der Waals surface area contributed by atoms with E-state index in [1.165, 1.54) is 23.8 Å². The first-order chi connectivity index (χ1) is 19.4. The quantitative estimate of drug-likeness (QED) is 0.248. The summed E-state index contributed by atoms with van der Waals surface area (Å²) in [6.07, 6.45) is 0. The van der Waals surface area contributed by atoms with Crippen molar-refractivity contribution in [3.05, 3.63) is 107 Å². The number of carbonyl (C=O) groups excluding carboxylic acids is 2. The molecule has 0 atom stereocenters. The number of piperazine rings is 1. The van der Waals surface area contributed by atoms with Crippen LogP contribution in [0.5, 0.6) is 0 Å². The van der Waals surface area contributed by atoms with Crippen LogP contribution in [0.15, 0.2) is 83.3 Å². The van der Waals surface area contributed by atoms with E-state index in [0.29, 0.717) is 22.6 Å². The van der Waals surface area contributed by atoms with Crippen molar-refractivity contribution in [3.8, 4) is 11.3 Å². The van der Waals surface area contributed by atoms with Gasteiger partial charge in [0.05, 0.1) is 28.6 Å². The molecule has 40 heavy (non-hydrogen) atoms. The number of hydrogen-bond donors (Lipinski definition) is 1. The summed E-state index contributed by atoms with van der Waals surface area (Å²) in [5, 5.41) is 2.88. The van der Waals surface area contributed by atoms with Gasteiger partial charge in [0.2, 0.25) is 0 Å². The van der Waals surface area contributed by atoms with E-state index < -0.39 is 17.7 Å². The van der Waals surface area contributed by atoms with E-state index >= 15 is 0 Å². The summed E-state index contributed by atoms with van der Waals surface area (Å²) < 4.78 is 24.5. The minimum atomic E-state index is -0.537. The number of nitrogens with zero attached hydrogens (tertiary/aromatic N) is 2. The van der Waals surface area contributed by atoms with Crippen LogP contribution in [0.2, 0.25) is 5.02 Å². The van der Waals surface area contributed by atoms with Crippen LogP contribution in [0.25, 0.3) is 11.3 Å². The fraction of sp³-hybridized carbons (Fsp3) is 0.226. The summed E-state index contributed by atoms with van der Waals surface area (Å²) in [5.74, 6) is -1.04. The number of benzene rings is 3. The van der Waals surface area contributed by atoms with Crippen LogP contribution < -0.4 is 10.2 Å². The first-order valence-electron chi connectivity index (χ1n) is 13.1. The summed E-state index contributed by atoms with van der Waals surface area (Å²) in [6, 6.07) is 22.9. The summed E-state index contributed by atoms with van der Waals surface area (Å²) in [6.45, 7) is 6.07. The van der Waals surface area contributed by atoms with Gasteiger partial charge in [-0.15, -0.1) is 0 Å². The molecule has 0 aliphatic carbocycles. The van der Waals surface area contributed by atoms with Gasteiger partial charge in [0.1, 0.15) is 11.6 Å². The molecule has 1 fully saturated rings. The Balaban J connectivity index is 1.34. The standard InChI is InChI=1S/C31H29ClFN3O4/c1-2-39-31(38)23-9-11-27(36-16-14-35(15-17-36)20-21-6-4-3-5-7-21)26(19-23)34-30(37)29-13-12-28(40-29)22-8-10-25(33)24(32)18-22/h3-13,18-19H,2,14-17,20H2,1H3,(H,34,37). The Morgan fingerprint density at radius 3 is 2.48 bits per heavy atom. The maximum absolute atomic E-state index is 13.6. The normalized spacial score (nSPS) is 13.7. The number of esters is 1. The fourth-order valence-corrected chi connectivity index (χ4v) is 4.87. The van der Waals surface area contributed by atoms with Gasteiger partial charge in [-0.2, -0.15) is 0 Å². The number of rotatable bonds is 8. The Kier molecular flexibility index (Phi) is 8.48. The van der Waals surface area contributed by atoms with Gasteiger partial charge < -0.3 is 19.4 Å². The molecule has 0 spiro atoms. The molecule has 0 saturated carbocycles. The number of furan rings is 1. The van der Waals surface area contributed by atoms with Crippen LogP contribution in [0.3, 0.4) is 0 Å². The maximum Gasteiger partial charge on any atom is 0.338 e. The van der Waals surface area contributed by atoms with Gasteiger partial charge in [-0.1, -0.05) is 41.9 Å². The fourth-order valence-electron chi connectivity index (χ4n) is 4.69. The Labute approximate surface area is 237 Å². The minimum absolute atomic E-state index is 0.0378. The topological polar surface area (TPSA) is 75.0 Å². The van der Waals surface area contributed by atoms with E-state index in [-0.39, 0.29) is 17.4 Å². The molecule has 0 unspecified atom stereocenters. The molecule has 9 heteroatoms. The van der Waals surface area contributed by atoms with E-state index in [9.17, 15) is 14.0 Å². The lowest BCUT2D eigenvalue weighted by Crippen LogP contribution is -2.46. The van der Waals surface area contributed by atoms with Crippen LogP contribution >= 0.6 is 11.6 Å². The van der Waals surface area contributed by atoms with E-state index in [1.807, 2.05) is 24.3 Å². The van der Waals surface area contributed by atoms with Crippen molar-refractivity contribution in [2.24, 2.45) is 0 Å². The predicted octanol–water partition coefficient (Wildman–Crippen LogP) is 6.49. The van der Waals surface area contributed by atoms with Crippen molar-refractivity contribution >= 4 is 34.9 Å². The lowest BCUT2D eigenvalue weighted by Gasteiger charge is -2.37. The molecule has 1 aliphatic rings. The molecule has 0 bridgehead atoms. The van der Waals surface area contributed by atoms with Crippen LogP contribution in [-0.2, 0) is 11.3 Å². The molecular formula is C31H29ClFN3O4. The first kappa shape index (κ1) is 27.4. The van der Waals surface area contributed by atoms with Crippen LogP contribution in [0, 0.1) is 5.82 Å². The lowest BCUT2D eigenvalue weighted by molar-refractivity contribution is 0.0526. The molecule has 1 amide bonds. The summed E-state index contributed by atoms with van der Waals surface area (Å²) in [4.78, 5) is 30.3.